The van der Waals surface area contributed by atoms with E-state index in [1.165, 1.54) is 0 Å². The Morgan fingerprint density at radius 2 is 1.50 bits per heavy atom. The first kappa shape index (κ1) is 12.6. The molecule has 0 amide bonds. The molecule has 0 saturated heterocycles. The molecule has 0 aliphatic rings. The number of benzene rings is 2. The molecule has 0 aromatic heterocycles. The first-order valence-electron chi connectivity index (χ1n) is 5.18. The SMILES string of the molecule is [C-]#[N+]c1ccc(P(Cl)c2ccc(C#N)cc2)cc1. The zero-order chi connectivity index (χ0) is 13.0. The molecule has 0 fully saturated rings. The standard InChI is InChI=1S/C14H8ClN2P/c1-17-12-4-8-14(9-5-12)18(15)13-6-2-11(10-16)3-7-13/h2-9H. The number of hydrogen-bond acceptors (Lipinski definition) is 1. The van der Waals surface area contributed by atoms with Gasteiger partial charge in [0.25, 0.3) is 0 Å². The Morgan fingerprint density at radius 1 is 1.00 bits per heavy atom. The molecule has 0 heterocycles. The second-order valence-corrected chi connectivity index (χ2v) is 6.18. The molecular weight excluding hydrogens is 263 g/mol. The minimum Gasteiger partial charge on any atom is -0.238 e. The average Bonchev–Trinajstić information content (AvgIpc) is 2.47. The summed E-state index contributed by atoms with van der Waals surface area (Å²) in [6, 6.07) is 16.7. The van der Waals surface area contributed by atoms with Crippen molar-refractivity contribution in [1.82, 2.24) is 0 Å². The van der Waals surface area contributed by atoms with E-state index in [0.717, 1.165) is 10.6 Å². The van der Waals surface area contributed by atoms with Crippen LogP contribution < -0.4 is 10.6 Å². The maximum Gasteiger partial charge on any atom is 0.187 e. The van der Waals surface area contributed by atoms with Crippen LogP contribution in [0.3, 0.4) is 0 Å². The van der Waals surface area contributed by atoms with Crippen molar-refractivity contribution in [1.29, 1.82) is 5.26 Å². The summed E-state index contributed by atoms with van der Waals surface area (Å²) in [5.41, 5.74) is 1.24. The summed E-state index contributed by atoms with van der Waals surface area (Å²) in [4.78, 5) is 3.34. The van der Waals surface area contributed by atoms with Crippen LogP contribution in [0.15, 0.2) is 48.5 Å². The number of rotatable bonds is 2. The molecule has 2 aromatic carbocycles. The van der Waals surface area contributed by atoms with Crippen molar-refractivity contribution >= 4 is 34.8 Å². The van der Waals surface area contributed by atoms with Crippen LogP contribution >= 0.6 is 18.5 Å². The minimum atomic E-state index is -0.946. The van der Waals surface area contributed by atoms with E-state index in [1.54, 1.807) is 24.3 Å². The third kappa shape index (κ3) is 2.69. The molecule has 0 radical (unpaired) electrons. The van der Waals surface area contributed by atoms with Gasteiger partial charge in [0.2, 0.25) is 0 Å². The lowest BCUT2D eigenvalue weighted by atomic mass is 10.2. The van der Waals surface area contributed by atoms with Gasteiger partial charge in [-0.3, -0.25) is 0 Å². The molecule has 0 spiro atoms. The molecule has 2 aromatic rings. The van der Waals surface area contributed by atoms with E-state index in [0.29, 0.717) is 11.3 Å². The van der Waals surface area contributed by atoms with Gasteiger partial charge in [-0.1, -0.05) is 47.6 Å². The molecule has 0 aliphatic heterocycles. The Labute approximate surface area is 112 Å². The van der Waals surface area contributed by atoms with E-state index < -0.39 is 7.27 Å². The fourth-order valence-electron chi connectivity index (χ4n) is 1.47. The van der Waals surface area contributed by atoms with Crippen LogP contribution in [0.4, 0.5) is 5.69 Å². The van der Waals surface area contributed by atoms with Gasteiger partial charge in [-0.15, -0.1) is 0 Å². The summed E-state index contributed by atoms with van der Waals surface area (Å²) < 4.78 is 0. The Kier molecular flexibility index (Phi) is 3.96. The zero-order valence-electron chi connectivity index (χ0n) is 9.34. The molecule has 86 valence electrons. The molecule has 2 rings (SSSR count). The fourth-order valence-corrected chi connectivity index (χ4v) is 3.27. The molecule has 1 atom stereocenters. The molecule has 0 saturated carbocycles. The van der Waals surface area contributed by atoms with Gasteiger partial charge in [0.15, 0.2) is 5.69 Å². The maximum atomic E-state index is 8.74. The van der Waals surface area contributed by atoms with E-state index in [9.17, 15) is 0 Å². The second-order valence-electron chi connectivity index (χ2n) is 3.57. The van der Waals surface area contributed by atoms with Crippen molar-refractivity contribution in [2.75, 3.05) is 0 Å². The van der Waals surface area contributed by atoms with Crippen molar-refractivity contribution in [3.8, 4) is 6.07 Å². The van der Waals surface area contributed by atoms with E-state index >= 15 is 0 Å². The Morgan fingerprint density at radius 3 is 1.94 bits per heavy atom. The lowest BCUT2D eigenvalue weighted by molar-refractivity contribution is 1.49. The smallest absolute Gasteiger partial charge is 0.187 e. The van der Waals surface area contributed by atoms with Crippen molar-refractivity contribution in [2.45, 2.75) is 0 Å². The Hall–Kier alpha value is -1.86. The second kappa shape index (κ2) is 5.65. The fraction of sp³-hybridized carbons (Fsp3) is 0. The van der Waals surface area contributed by atoms with E-state index in [-0.39, 0.29) is 0 Å². The monoisotopic (exact) mass is 270 g/mol. The first-order valence-corrected chi connectivity index (χ1v) is 7.43. The quantitative estimate of drug-likeness (QED) is 0.604. The summed E-state index contributed by atoms with van der Waals surface area (Å²) in [5, 5.41) is 10.7. The highest BCUT2D eigenvalue weighted by Gasteiger charge is 2.10. The minimum absolute atomic E-state index is 0.610. The summed E-state index contributed by atoms with van der Waals surface area (Å²) in [5.74, 6) is 0. The van der Waals surface area contributed by atoms with Crippen LogP contribution in [-0.4, -0.2) is 0 Å². The van der Waals surface area contributed by atoms with Gasteiger partial charge >= 0.3 is 0 Å². The van der Waals surface area contributed by atoms with Crippen LogP contribution in [-0.2, 0) is 0 Å². The Bertz CT molecular complexity index is 563. The number of nitrogens with zero attached hydrogens (tertiary/aromatic N) is 2. The predicted molar refractivity (Wildman–Crippen MR) is 75.9 cm³/mol. The molecule has 0 N–H and O–H groups in total. The van der Waals surface area contributed by atoms with E-state index in [1.807, 2.05) is 24.3 Å². The summed E-state index contributed by atoms with van der Waals surface area (Å²) >= 11 is 6.43. The van der Waals surface area contributed by atoms with Gasteiger partial charge in [-0.25, -0.2) is 4.85 Å². The lowest BCUT2D eigenvalue weighted by Crippen LogP contribution is -2.07. The molecule has 18 heavy (non-hydrogen) atoms. The van der Waals surface area contributed by atoms with Crippen molar-refractivity contribution in [3.05, 3.63) is 65.5 Å². The largest absolute Gasteiger partial charge is 0.238 e. The molecule has 0 bridgehead atoms. The van der Waals surface area contributed by atoms with Crippen LogP contribution in [0.1, 0.15) is 5.56 Å². The van der Waals surface area contributed by atoms with E-state index in [2.05, 4.69) is 10.9 Å². The topological polar surface area (TPSA) is 28.1 Å². The first-order chi connectivity index (χ1) is 8.74. The van der Waals surface area contributed by atoms with Gasteiger partial charge in [0.1, 0.15) is 0 Å². The summed E-state index contributed by atoms with van der Waals surface area (Å²) in [6.45, 7) is 6.90. The van der Waals surface area contributed by atoms with Crippen LogP contribution in [0.2, 0.25) is 0 Å². The van der Waals surface area contributed by atoms with Gasteiger partial charge in [0, 0.05) is 0 Å². The third-order valence-corrected chi connectivity index (χ3v) is 5.10. The van der Waals surface area contributed by atoms with Crippen LogP contribution in [0.25, 0.3) is 4.85 Å². The van der Waals surface area contributed by atoms with Gasteiger partial charge in [0.05, 0.1) is 25.5 Å². The Balaban J connectivity index is 2.27. The van der Waals surface area contributed by atoms with Gasteiger partial charge in [-0.2, -0.15) is 5.26 Å². The highest BCUT2D eigenvalue weighted by atomic mass is 35.7. The van der Waals surface area contributed by atoms with Crippen molar-refractivity contribution in [3.63, 3.8) is 0 Å². The molecular formula is C14H8ClN2P. The molecule has 4 heteroatoms. The van der Waals surface area contributed by atoms with Gasteiger partial charge < -0.3 is 0 Å². The van der Waals surface area contributed by atoms with E-state index in [4.69, 9.17) is 23.1 Å². The third-order valence-electron chi connectivity index (χ3n) is 2.43. The predicted octanol–water partition coefficient (Wildman–Crippen LogP) is 3.70. The van der Waals surface area contributed by atoms with Gasteiger partial charge in [-0.05, 0) is 22.7 Å². The lowest BCUT2D eigenvalue weighted by Gasteiger charge is -2.10. The number of hydrogen-bond donors (Lipinski definition) is 0. The number of halogens is 1. The van der Waals surface area contributed by atoms with Crippen LogP contribution in [0.5, 0.6) is 0 Å². The average molecular weight is 271 g/mol. The highest BCUT2D eigenvalue weighted by molar-refractivity contribution is 7.95. The summed E-state index contributed by atoms with van der Waals surface area (Å²) in [6.07, 6.45) is 0. The summed E-state index contributed by atoms with van der Waals surface area (Å²) in [7, 11) is -0.946. The number of nitriles is 1. The molecule has 2 nitrogen and oxygen atoms in total. The van der Waals surface area contributed by atoms with Crippen LogP contribution in [0, 0.1) is 17.9 Å². The van der Waals surface area contributed by atoms with Crippen molar-refractivity contribution < 1.29 is 0 Å². The molecule has 0 aliphatic carbocycles. The zero-order valence-corrected chi connectivity index (χ0v) is 11.0. The maximum absolute atomic E-state index is 8.74. The highest BCUT2D eigenvalue weighted by Crippen LogP contribution is 2.39. The normalized spacial score (nSPS) is 11.3. The molecule has 1 unspecified atom stereocenters. The van der Waals surface area contributed by atoms with Crippen molar-refractivity contribution in [2.24, 2.45) is 0 Å².